The van der Waals surface area contributed by atoms with Crippen LogP contribution >= 0.6 is 23.1 Å². The summed E-state index contributed by atoms with van der Waals surface area (Å²) in [4.78, 5) is 36.7. The first-order valence-corrected chi connectivity index (χ1v) is 9.45. The minimum atomic E-state index is -0.295. The molecule has 0 aliphatic carbocycles. The van der Waals surface area contributed by atoms with Crippen LogP contribution in [0.15, 0.2) is 11.6 Å². The first kappa shape index (κ1) is 20.4. The molecule has 2 amide bonds. The van der Waals surface area contributed by atoms with Gasteiger partial charge < -0.3 is 9.80 Å². The number of aliphatic imine (C=N–C) groups is 1. The summed E-state index contributed by atoms with van der Waals surface area (Å²) >= 11 is 2.68. The molecule has 0 radical (unpaired) electrons. The maximum absolute atomic E-state index is 12.5. The number of hydrogen-bond donors (Lipinski definition) is 0. The minimum absolute atomic E-state index is 0.00875. The average Bonchev–Trinajstić information content (AvgIpc) is 2.95. The lowest BCUT2D eigenvalue weighted by molar-refractivity contribution is -0.129. The fourth-order valence-electron chi connectivity index (χ4n) is 1.57. The van der Waals surface area contributed by atoms with Crippen LogP contribution in [0.3, 0.4) is 0 Å². The summed E-state index contributed by atoms with van der Waals surface area (Å²) in [6.45, 7) is 8.03. The maximum atomic E-state index is 12.5. The van der Waals surface area contributed by atoms with Crippen molar-refractivity contribution in [2.75, 3.05) is 33.9 Å². The van der Waals surface area contributed by atoms with Crippen molar-refractivity contribution < 1.29 is 9.59 Å². The Balaban J connectivity index is 3.09. The Morgan fingerprint density at radius 2 is 2.00 bits per heavy atom. The van der Waals surface area contributed by atoms with Crippen molar-refractivity contribution in [3.8, 4) is 0 Å². The largest absolute Gasteiger partial charge is 0.347 e. The number of thiazole rings is 1. The highest BCUT2D eigenvalue weighted by Gasteiger charge is 2.22. The number of aromatic nitrogens is 1. The number of carbonyl (C=O) groups is 2. The van der Waals surface area contributed by atoms with E-state index in [1.807, 2.05) is 26.3 Å². The van der Waals surface area contributed by atoms with Gasteiger partial charge in [-0.05, 0) is 12.2 Å². The molecule has 0 N–H and O–H groups in total. The third-order valence-corrected chi connectivity index (χ3v) is 4.65. The smallest absolute Gasteiger partial charge is 0.283 e. The molecule has 0 saturated carbocycles. The first-order valence-electron chi connectivity index (χ1n) is 7.41. The van der Waals surface area contributed by atoms with E-state index in [1.54, 1.807) is 21.1 Å². The lowest BCUT2D eigenvalue weighted by Crippen LogP contribution is -2.37. The van der Waals surface area contributed by atoms with E-state index >= 15 is 0 Å². The predicted octanol–water partition coefficient (Wildman–Crippen LogP) is 3.00. The lowest BCUT2D eigenvalue weighted by atomic mass is 10.2. The monoisotopic (exact) mass is 368 g/mol. The molecule has 1 rings (SSSR count). The number of thioether (sulfide) groups is 1. The second-order valence-electron chi connectivity index (χ2n) is 5.77. The van der Waals surface area contributed by atoms with Gasteiger partial charge in [-0.25, -0.2) is 9.98 Å². The third-order valence-electron chi connectivity index (χ3n) is 3.01. The van der Waals surface area contributed by atoms with Crippen LogP contribution in [-0.4, -0.2) is 66.8 Å². The molecule has 1 aromatic heterocycles. The van der Waals surface area contributed by atoms with Crippen LogP contribution in [0.25, 0.3) is 4.91 Å². The van der Waals surface area contributed by atoms with Crippen molar-refractivity contribution in [1.29, 1.82) is 0 Å². The van der Waals surface area contributed by atoms with Crippen molar-refractivity contribution in [1.82, 2.24) is 14.8 Å². The molecule has 1 heterocycles. The van der Waals surface area contributed by atoms with Gasteiger partial charge in [-0.2, -0.15) is 0 Å². The van der Waals surface area contributed by atoms with Gasteiger partial charge in [0.1, 0.15) is 10.7 Å². The Kier molecular flexibility index (Phi) is 7.62. The van der Waals surface area contributed by atoms with Gasteiger partial charge in [0.2, 0.25) is 5.91 Å². The molecular formula is C16H24N4O2S2. The van der Waals surface area contributed by atoms with Gasteiger partial charge >= 0.3 is 0 Å². The van der Waals surface area contributed by atoms with Crippen molar-refractivity contribution in [2.24, 2.45) is 10.9 Å². The summed E-state index contributed by atoms with van der Waals surface area (Å²) in [7, 11) is 4.90. The van der Waals surface area contributed by atoms with E-state index in [0.717, 1.165) is 4.91 Å². The SMILES string of the molecule is C=C(SC)c1nc(C(=O)N(C)CC(=O)N(C)C)sc1N=CC(C)C. The minimum Gasteiger partial charge on any atom is -0.347 e. The zero-order valence-corrected chi connectivity index (χ0v) is 16.6. The van der Waals surface area contributed by atoms with Gasteiger partial charge in [-0.3, -0.25) is 9.59 Å². The third kappa shape index (κ3) is 5.45. The van der Waals surface area contributed by atoms with E-state index in [0.29, 0.717) is 21.6 Å². The van der Waals surface area contributed by atoms with Gasteiger partial charge in [-0.15, -0.1) is 11.8 Å². The Hall–Kier alpha value is -1.67. The number of nitrogens with zero attached hydrogens (tertiary/aromatic N) is 4. The zero-order valence-electron chi connectivity index (χ0n) is 15.0. The summed E-state index contributed by atoms with van der Waals surface area (Å²) in [5, 5.41) is 0.976. The van der Waals surface area contributed by atoms with Crippen molar-refractivity contribution in [2.45, 2.75) is 13.8 Å². The standard InChI is InChI=1S/C16H24N4O2S2/c1-10(2)8-17-14-13(11(3)23-7)18-15(24-14)16(22)20(6)9-12(21)19(4)5/h8,10H,3,9H2,1-2,4-7H3. The molecule has 0 fully saturated rings. The van der Waals surface area contributed by atoms with E-state index in [4.69, 9.17) is 0 Å². The van der Waals surface area contributed by atoms with Gasteiger partial charge in [0, 0.05) is 32.3 Å². The second kappa shape index (κ2) is 8.98. The molecule has 0 atom stereocenters. The average molecular weight is 369 g/mol. The Morgan fingerprint density at radius 3 is 2.50 bits per heavy atom. The van der Waals surface area contributed by atoms with Crippen molar-refractivity contribution in [3.05, 3.63) is 17.3 Å². The lowest BCUT2D eigenvalue weighted by Gasteiger charge is -2.17. The van der Waals surface area contributed by atoms with Crippen LogP contribution in [0.5, 0.6) is 0 Å². The summed E-state index contributed by atoms with van der Waals surface area (Å²) in [6.07, 6.45) is 3.72. The summed E-state index contributed by atoms with van der Waals surface area (Å²) in [5.74, 6) is -0.146. The van der Waals surface area contributed by atoms with E-state index in [-0.39, 0.29) is 18.4 Å². The maximum Gasteiger partial charge on any atom is 0.283 e. The molecule has 8 heteroatoms. The Labute approximate surface area is 151 Å². The molecule has 0 aromatic carbocycles. The number of amides is 2. The summed E-state index contributed by atoms with van der Waals surface area (Å²) in [6, 6.07) is 0. The van der Waals surface area contributed by atoms with Crippen LogP contribution < -0.4 is 0 Å². The molecule has 24 heavy (non-hydrogen) atoms. The molecule has 6 nitrogen and oxygen atoms in total. The fraction of sp³-hybridized carbons (Fsp3) is 0.500. The van der Waals surface area contributed by atoms with E-state index in [1.165, 1.54) is 32.9 Å². The number of hydrogen-bond acceptors (Lipinski definition) is 6. The molecule has 0 saturated heterocycles. The topological polar surface area (TPSA) is 65.9 Å². The Bertz CT molecular complexity index is 651. The first-order chi connectivity index (χ1) is 11.2. The van der Waals surface area contributed by atoms with Crippen LogP contribution in [0, 0.1) is 5.92 Å². The number of carbonyl (C=O) groups excluding carboxylic acids is 2. The van der Waals surface area contributed by atoms with Gasteiger partial charge in [0.15, 0.2) is 5.01 Å². The van der Waals surface area contributed by atoms with Crippen molar-refractivity contribution in [3.63, 3.8) is 0 Å². The molecule has 0 aliphatic heterocycles. The van der Waals surface area contributed by atoms with Crippen molar-refractivity contribution >= 4 is 51.0 Å². The highest BCUT2D eigenvalue weighted by atomic mass is 32.2. The summed E-state index contributed by atoms with van der Waals surface area (Å²) in [5.41, 5.74) is 0.625. The van der Waals surface area contributed by atoms with Crippen LogP contribution in [0.2, 0.25) is 0 Å². The fourth-order valence-corrected chi connectivity index (χ4v) is 2.91. The van der Waals surface area contributed by atoms with Crippen LogP contribution in [0.1, 0.15) is 29.3 Å². The molecule has 132 valence electrons. The van der Waals surface area contributed by atoms with Gasteiger partial charge in [0.25, 0.3) is 5.91 Å². The molecule has 0 aliphatic rings. The molecule has 0 bridgehead atoms. The quantitative estimate of drug-likeness (QED) is 0.694. The highest BCUT2D eigenvalue weighted by molar-refractivity contribution is 8.07. The molecule has 0 unspecified atom stereocenters. The normalized spacial score (nSPS) is 11.1. The number of rotatable bonds is 7. The molecular weight excluding hydrogens is 344 g/mol. The summed E-state index contributed by atoms with van der Waals surface area (Å²) < 4.78 is 0. The van der Waals surface area contributed by atoms with Crippen LogP contribution in [-0.2, 0) is 4.79 Å². The second-order valence-corrected chi connectivity index (χ2v) is 7.65. The van der Waals surface area contributed by atoms with Crippen LogP contribution in [0.4, 0.5) is 5.00 Å². The van der Waals surface area contributed by atoms with E-state index in [9.17, 15) is 9.59 Å². The molecule has 1 aromatic rings. The van der Waals surface area contributed by atoms with Gasteiger partial charge in [0.05, 0.1) is 6.54 Å². The Morgan fingerprint density at radius 1 is 1.38 bits per heavy atom. The zero-order chi connectivity index (χ0) is 18.4. The van der Waals surface area contributed by atoms with Gasteiger partial charge in [-0.1, -0.05) is 31.8 Å². The number of likely N-dealkylation sites (N-methyl/N-ethyl adjacent to an activating group) is 2. The van der Waals surface area contributed by atoms with E-state index < -0.39 is 0 Å². The predicted molar refractivity (Wildman–Crippen MR) is 103 cm³/mol. The molecule has 0 spiro atoms. The van der Waals surface area contributed by atoms with E-state index in [2.05, 4.69) is 16.6 Å². The highest BCUT2D eigenvalue weighted by Crippen LogP contribution is 2.36.